The molecule has 2 aromatic rings. The largest absolute Gasteiger partial charge is 0.468 e. The van der Waals surface area contributed by atoms with Gasteiger partial charge in [-0.1, -0.05) is 0 Å². The molecular weight excluding hydrogens is 220 g/mol. The van der Waals surface area contributed by atoms with Crippen LogP contribution in [0.1, 0.15) is 26.9 Å². The Morgan fingerprint density at radius 1 is 1.31 bits per heavy atom. The predicted molar refractivity (Wildman–Crippen MR) is 65.6 cm³/mol. The molecule has 0 aliphatic carbocycles. The summed E-state index contributed by atoms with van der Waals surface area (Å²) in [5, 5.41) is 4.50. The van der Waals surface area contributed by atoms with Crippen LogP contribution >= 0.6 is 11.3 Å². The smallest absolute Gasteiger partial charge is 0.120 e. The summed E-state index contributed by atoms with van der Waals surface area (Å²) in [7, 11) is 0. The summed E-state index contributed by atoms with van der Waals surface area (Å²) < 4.78 is 5.36. The van der Waals surface area contributed by atoms with Gasteiger partial charge in [0.05, 0.1) is 23.5 Å². The molecule has 0 fully saturated rings. The molecule has 0 aliphatic rings. The summed E-state index contributed by atoms with van der Waals surface area (Å²) in [6.45, 7) is 7.78. The maximum Gasteiger partial charge on any atom is 0.120 e. The van der Waals surface area contributed by atoms with Crippen molar-refractivity contribution in [2.24, 2.45) is 0 Å². The summed E-state index contributed by atoms with van der Waals surface area (Å²) in [6, 6.07) is 1.99. The average molecular weight is 236 g/mol. The molecule has 0 radical (unpaired) electrons. The van der Waals surface area contributed by atoms with Crippen molar-refractivity contribution >= 4 is 11.3 Å². The van der Waals surface area contributed by atoms with E-state index in [9.17, 15) is 0 Å². The van der Waals surface area contributed by atoms with Crippen LogP contribution in [0.3, 0.4) is 0 Å². The summed E-state index contributed by atoms with van der Waals surface area (Å²) in [5.74, 6) is 1.01. The Morgan fingerprint density at radius 2 is 2.12 bits per heavy atom. The molecule has 0 atom stereocenters. The molecule has 16 heavy (non-hydrogen) atoms. The van der Waals surface area contributed by atoms with Crippen LogP contribution in [0, 0.1) is 20.8 Å². The van der Waals surface area contributed by atoms with Crippen molar-refractivity contribution < 1.29 is 4.42 Å². The molecule has 1 N–H and O–H groups in total. The Balaban J connectivity index is 1.89. The van der Waals surface area contributed by atoms with E-state index in [1.165, 1.54) is 10.4 Å². The Morgan fingerprint density at radius 3 is 2.69 bits per heavy atom. The highest BCUT2D eigenvalue weighted by atomic mass is 32.1. The van der Waals surface area contributed by atoms with Crippen molar-refractivity contribution in [1.29, 1.82) is 0 Å². The van der Waals surface area contributed by atoms with Crippen molar-refractivity contribution in [2.45, 2.75) is 33.9 Å². The van der Waals surface area contributed by atoms with Crippen LogP contribution in [0.2, 0.25) is 0 Å². The number of furan rings is 1. The molecule has 0 bridgehead atoms. The zero-order valence-electron chi connectivity index (χ0n) is 9.83. The van der Waals surface area contributed by atoms with Gasteiger partial charge in [0.15, 0.2) is 0 Å². The van der Waals surface area contributed by atoms with E-state index < -0.39 is 0 Å². The van der Waals surface area contributed by atoms with Gasteiger partial charge in [0, 0.05) is 11.4 Å². The molecule has 0 aromatic carbocycles. The number of aromatic nitrogens is 1. The molecule has 0 unspecified atom stereocenters. The average Bonchev–Trinajstić information content (AvgIpc) is 2.75. The first-order chi connectivity index (χ1) is 7.66. The molecule has 0 spiro atoms. The second kappa shape index (κ2) is 4.80. The van der Waals surface area contributed by atoms with Gasteiger partial charge in [-0.2, -0.15) is 0 Å². The number of hydrogen-bond donors (Lipinski definition) is 1. The summed E-state index contributed by atoms with van der Waals surface area (Å²) in [6.07, 6.45) is 1.73. The zero-order chi connectivity index (χ0) is 11.5. The Bertz CT molecular complexity index is 473. The molecule has 2 heterocycles. The molecule has 2 rings (SSSR count). The van der Waals surface area contributed by atoms with E-state index in [0.717, 1.165) is 29.6 Å². The van der Waals surface area contributed by atoms with Crippen molar-refractivity contribution in [3.8, 4) is 0 Å². The fraction of sp³-hybridized carbons (Fsp3) is 0.417. The summed E-state index contributed by atoms with van der Waals surface area (Å²) >= 11 is 1.75. The number of rotatable bonds is 4. The Hall–Kier alpha value is -1.13. The standard InChI is InChI=1S/C12H16N2OS/c1-8-4-5-15-11(8)6-13-7-12-9(2)14-10(3)16-12/h4-5,13H,6-7H2,1-3H3. The lowest BCUT2D eigenvalue weighted by molar-refractivity contribution is 0.480. The van der Waals surface area contributed by atoms with Gasteiger partial charge in [-0.05, 0) is 32.4 Å². The maximum absolute atomic E-state index is 5.36. The predicted octanol–water partition coefficient (Wildman–Crippen LogP) is 2.95. The van der Waals surface area contributed by atoms with Gasteiger partial charge >= 0.3 is 0 Å². The minimum atomic E-state index is 0.773. The molecule has 2 aromatic heterocycles. The van der Waals surface area contributed by atoms with Gasteiger partial charge in [0.2, 0.25) is 0 Å². The van der Waals surface area contributed by atoms with Gasteiger partial charge in [0.1, 0.15) is 5.76 Å². The third-order valence-corrected chi connectivity index (χ3v) is 3.61. The van der Waals surface area contributed by atoms with Gasteiger partial charge in [-0.25, -0.2) is 4.98 Å². The van der Waals surface area contributed by atoms with Gasteiger partial charge in [-0.3, -0.25) is 0 Å². The van der Waals surface area contributed by atoms with E-state index >= 15 is 0 Å². The van der Waals surface area contributed by atoms with E-state index in [1.54, 1.807) is 17.6 Å². The Kier molecular flexibility index (Phi) is 3.41. The minimum Gasteiger partial charge on any atom is -0.468 e. The SMILES string of the molecule is Cc1nc(C)c(CNCc2occc2C)s1. The normalized spacial score (nSPS) is 10.9. The van der Waals surface area contributed by atoms with Gasteiger partial charge < -0.3 is 9.73 Å². The van der Waals surface area contributed by atoms with Crippen molar-refractivity contribution in [2.75, 3.05) is 0 Å². The fourth-order valence-electron chi connectivity index (χ4n) is 1.61. The number of nitrogens with zero attached hydrogens (tertiary/aromatic N) is 1. The maximum atomic E-state index is 5.36. The first kappa shape index (κ1) is 11.4. The number of thiazole rings is 1. The highest BCUT2D eigenvalue weighted by Crippen LogP contribution is 2.17. The first-order valence-electron chi connectivity index (χ1n) is 5.33. The van der Waals surface area contributed by atoms with Crippen molar-refractivity contribution in [1.82, 2.24) is 10.3 Å². The van der Waals surface area contributed by atoms with Crippen LogP contribution in [0.25, 0.3) is 0 Å². The van der Waals surface area contributed by atoms with Crippen molar-refractivity contribution in [3.05, 3.63) is 39.2 Å². The molecule has 0 aliphatic heterocycles. The second-order valence-electron chi connectivity index (χ2n) is 3.87. The minimum absolute atomic E-state index is 0.773. The first-order valence-corrected chi connectivity index (χ1v) is 6.15. The third kappa shape index (κ3) is 2.51. The van der Waals surface area contributed by atoms with Gasteiger partial charge in [0.25, 0.3) is 0 Å². The third-order valence-electron chi connectivity index (χ3n) is 2.54. The van der Waals surface area contributed by atoms with E-state index in [2.05, 4.69) is 24.1 Å². The number of nitrogens with one attached hydrogen (secondary N) is 1. The second-order valence-corrected chi connectivity index (χ2v) is 5.16. The van der Waals surface area contributed by atoms with Crippen LogP contribution in [0.5, 0.6) is 0 Å². The molecule has 0 saturated carbocycles. The van der Waals surface area contributed by atoms with Gasteiger partial charge in [-0.15, -0.1) is 11.3 Å². The monoisotopic (exact) mass is 236 g/mol. The highest BCUT2D eigenvalue weighted by Gasteiger charge is 2.05. The summed E-state index contributed by atoms with van der Waals surface area (Å²) in [5.41, 5.74) is 2.33. The molecule has 4 heteroatoms. The lowest BCUT2D eigenvalue weighted by Crippen LogP contribution is -2.12. The molecule has 86 valence electrons. The van der Waals surface area contributed by atoms with E-state index in [1.807, 2.05) is 13.0 Å². The lowest BCUT2D eigenvalue weighted by atomic mass is 10.3. The van der Waals surface area contributed by atoms with Crippen LogP contribution in [0.4, 0.5) is 0 Å². The number of hydrogen-bond acceptors (Lipinski definition) is 4. The van der Waals surface area contributed by atoms with Crippen LogP contribution in [0.15, 0.2) is 16.7 Å². The quantitative estimate of drug-likeness (QED) is 0.887. The highest BCUT2D eigenvalue weighted by molar-refractivity contribution is 7.11. The van der Waals surface area contributed by atoms with Crippen LogP contribution in [-0.4, -0.2) is 4.98 Å². The lowest BCUT2D eigenvalue weighted by Gasteiger charge is -2.02. The Labute approximate surface area is 99.5 Å². The molecule has 0 amide bonds. The van der Waals surface area contributed by atoms with E-state index in [0.29, 0.717) is 0 Å². The molecule has 3 nitrogen and oxygen atoms in total. The van der Waals surface area contributed by atoms with Crippen LogP contribution in [-0.2, 0) is 13.1 Å². The number of aryl methyl sites for hydroxylation is 3. The zero-order valence-corrected chi connectivity index (χ0v) is 10.6. The topological polar surface area (TPSA) is 38.1 Å². The van der Waals surface area contributed by atoms with E-state index in [-0.39, 0.29) is 0 Å². The molecular formula is C12H16N2OS. The van der Waals surface area contributed by atoms with Crippen LogP contribution < -0.4 is 5.32 Å². The summed E-state index contributed by atoms with van der Waals surface area (Å²) in [4.78, 5) is 5.71. The van der Waals surface area contributed by atoms with Crippen molar-refractivity contribution in [3.63, 3.8) is 0 Å². The van der Waals surface area contributed by atoms with E-state index in [4.69, 9.17) is 4.42 Å². The fourth-order valence-corrected chi connectivity index (χ4v) is 2.52. The molecule has 0 saturated heterocycles.